The van der Waals surface area contributed by atoms with Gasteiger partial charge < -0.3 is 15.0 Å². The van der Waals surface area contributed by atoms with Crippen LogP contribution in [0.1, 0.15) is 22.8 Å². The summed E-state index contributed by atoms with van der Waals surface area (Å²) in [5.41, 5.74) is 7.77. The average molecular weight is 1080 g/mol. The molecule has 0 aliphatic rings. The van der Waals surface area contributed by atoms with Crippen LogP contribution in [0.2, 0.25) is 0 Å². The zero-order chi connectivity index (χ0) is 44.2. The molecule has 0 saturated heterocycles. The van der Waals surface area contributed by atoms with Gasteiger partial charge in [0.1, 0.15) is 51.4 Å². The normalized spacial score (nSPS) is 12.5. The van der Waals surface area contributed by atoms with Crippen molar-refractivity contribution in [3.8, 4) is 5.75 Å². The van der Waals surface area contributed by atoms with E-state index in [0.717, 1.165) is 65.3 Å². The molecule has 9 aromatic rings. The number of hydrogen-bond acceptors (Lipinski definition) is 11. The lowest BCUT2D eigenvalue weighted by molar-refractivity contribution is 0.102. The molecule has 0 atom stereocenters. The van der Waals surface area contributed by atoms with Gasteiger partial charge in [-0.1, -0.05) is 109 Å². The predicted molar refractivity (Wildman–Crippen MR) is 278 cm³/mol. The highest BCUT2D eigenvalue weighted by Gasteiger charge is 2.22. The molecule has 0 aliphatic carbocycles. The molecule has 314 valence electrons. The first-order valence-electron chi connectivity index (χ1n) is 20.0. The summed E-state index contributed by atoms with van der Waals surface area (Å²) in [5, 5.41) is 38.3. The lowest BCUT2D eigenvalue weighted by Gasteiger charge is -2.27. The Bertz CT molecular complexity index is 3390. The molecule has 15 heteroatoms. The van der Waals surface area contributed by atoms with Crippen molar-refractivity contribution in [2.75, 3.05) is 16.8 Å². The molecule has 0 saturated carbocycles. The highest BCUT2D eigenvalue weighted by atomic mass is 127. The summed E-state index contributed by atoms with van der Waals surface area (Å²) < 4.78 is 8.65. The summed E-state index contributed by atoms with van der Waals surface area (Å²) in [6.45, 7) is 7.14. The Morgan fingerprint density at radius 1 is 0.812 bits per heavy atom. The fourth-order valence-corrected chi connectivity index (χ4v) is 9.15. The number of para-hydroxylation sites is 2. The van der Waals surface area contributed by atoms with Gasteiger partial charge in [0.15, 0.2) is 10.9 Å². The molecule has 64 heavy (non-hydrogen) atoms. The smallest absolute Gasteiger partial charge is 0.261 e. The zero-order valence-corrected chi connectivity index (χ0v) is 39.2. The maximum absolute atomic E-state index is 14.1. The minimum atomic E-state index is -0.518. The topological polar surface area (TPSA) is 155 Å². The molecule has 0 spiro atoms. The van der Waals surface area contributed by atoms with Crippen LogP contribution in [0.3, 0.4) is 0 Å². The lowest BCUT2D eigenvalue weighted by Crippen LogP contribution is -2.25. The average Bonchev–Trinajstić information content (AvgIpc) is 3.91. The maximum Gasteiger partial charge on any atom is 0.261 e. The number of nitrogens with zero attached hydrogens (tertiary/aromatic N) is 8. The van der Waals surface area contributed by atoms with E-state index in [1.54, 1.807) is 6.07 Å². The number of rotatable bonds is 13. The van der Waals surface area contributed by atoms with Gasteiger partial charge in [0.25, 0.3) is 5.91 Å². The molecule has 2 aromatic heterocycles. The minimum absolute atomic E-state index is 0.0443. The SMILES string of the molecule is C=C(/C=C\C(=C/C)CN(Cc1ccc(N=NI)cc1)c1ccc(N=Nc2c(O)c(C(=O)Nc3nc4ccccc4s3)cc3c2ccc2c4ccccc4[nH]c32)c2ccccc12)N=NI. The lowest BCUT2D eigenvalue weighted by atomic mass is 10.00. The Morgan fingerprint density at radius 2 is 1.56 bits per heavy atom. The monoisotopic (exact) mass is 1080 g/mol. The number of carbonyl (C=O) groups excluding carboxylic acids is 1. The molecule has 1 amide bonds. The number of anilines is 2. The second kappa shape index (κ2) is 19.0. The fraction of sp³-hybridized carbons (Fsp3) is 0.0612. The van der Waals surface area contributed by atoms with Crippen molar-refractivity contribution in [1.29, 1.82) is 0 Å². The van der Waals surface area contributed by atoms with Gasteiger partial charge in [-0.05, 0) is 72.7 Å². The first-order chi connectivity index (χ1) is 31.3. The third-order valence-corrected chi connectivity index (χ3v) is 12.2. The van der Waals surface area contributed by atoms with Gasteiger partial charge in [-0.3, -0.25) is 10.1 Å². The molecule has 2 heterocycles. The first kappa shape index (κ1) is 42.6. The van der Waals surface area contributed by atoms with E-state index in [1.807, 2.05) is 162 Å². The third-order valence-electron chi connectivity index (χ3n) is 10.8. The van der Waals surface area contributed by atoms with E-state index < -0.39 is 5.91 Å². The number of phenolic OH excluding ortho intramolecular Hbond substituents is 1. The number of azo groups is 1. The summed E-state index contributed by atoms with van der Waals surface area (Å²) in [5.74, 6) is -0.811. The van der Waals surface area contributed by atoms with Crippen molar-refractivity contribution >= 4 is 144 Å². The number of fused-ring (bicyclic) bond motifs is 7. The summed E-state index contributed by atoms with van der Waals surface area (Å²) in [6, 6.07) is 41.4. The number of aromatic amines is 1. The molecule has 0 bridgehead atoms. The number of phenols is 1. The van der Waals surface area contributed by atoms with Crippen molar-refractivity contribution in [3.05, 3.63) is 175 Å². The number of amides is 1. The molecule has 12 nitrogen and oxygen atoms in total. The van der Waals surface area contributed by atoms with E-state index in [9.17, 15) is 9.90 Å². The van der Waals surface area contributed by atoms with E-state index >= 15 is 0 Å². The van der Waals surface area contributed by atoms with E-state index in [-0.39, 0.29) is 17.0 Å². The number of allylic oxidation sites excluding steroid dienone is 2. The molecule has 3 N–H and O–H groups in total. The number of aromatic hydroxyl groups is 1. The standard InChI is InChI=1S/C49H36I2N10O2S/c1-3-30(17-16-29(2)55-59-50)27-61(28-31-18-20-32(21-19-31)56-60-51)43-25-24-41(33-10-4-5-12-35(33)43)57-58-46-37-23-22-36-34-11-6-7-13-40(34)52-45(36)38(37)26-39(47(46)62)48(63)54-49-53-42-14-8-9-15-44(42)64-49/h3-26,52,62H,2,27-28H2,1H3,(H,53,54,63)/b17-16-,30-3+,58-57?,59-55?,60-56?. The van der Waals surface area contributed by atoms with Crippen molar-refractivity contribution in [2.24, 2.45) is 27.1 Å². The van der Waals surface area contributed by atoms with Crippen molar-refractivity contribution in [3.63, 3.8) is 0 Å². The van der Waals surface area contributed by atoms with Gasteiger partial charge in [-0.25, -0.2) is 4.98 Å². The quantitative estimate of drug-likeness (QED) is 0.0597. The zero-order valence-electron chi connectivity index (χ0n) is 34.1. The molecule has 0 unspecified atom stereocenters. The van der Waals surface area contributed by atoms with Crippen LogP contribution in [0.4, 0.5) is 27.9 Å². The van der Waals surface area contributed by atoms with Crippen LogP contribution in [0.15, 0.2) is 191 Å². The Balaban J connectivity index is 1.14. The largest absolute Gasteiger partial charge is 0.505 e. The van der Waals surface area contributed by atoms with E-state index in [2.05, 4.69) is 74.0 Å². The number of thiazole rings is 1. The molecule has 0 fully saturated rings. The number of aromatic nitrogens is 2. The number of H-pyrrole nitrogens is 1. The van der Waals surface area contributed by atoms with Crippen molar-refractivity contribution < 1.29 is 9.90 Å². The summed E-state index contributed by atoms with van der Waals surface area (Å²) in [4.78, 5) is 24.6. The van der Waals surface area contributed by atoms with Gasteiger partial charge in [0.05, 0.1) is 38.4 Å². The van der Waals surface area contributed by atoms with Crippen LogP contribution in [-0.2, 0) is 6.54 Å². The van der Waals surface area contributed by atoms with Gasteiger partial charge in [0, 0.05) is 56.6 Å². The number of benzene rings is 7. The Labute approximate surface area is 399 Å². The van der Waals surface area contributed by atoms with Gasteiger partial charge in [-0.2, -0.15) is 0 Å². The highest BCUT2D eigenvalue weighted by Crippen LogP contribution is 2.44. The van der Waals surface area contributed by atoms with E-state index in [1.165, 1.54) is 11.3 Å². The summed E-state index contributed by atoms with van der Waals surface area (Å²) in [7, 11) is 0. The van der Waals surface area contributed by atoms with Gasteiger partial charge in [0.2, 0.25) is 0 Å². The Morgan fingerprint density at radius 3 is 2.34 bits per heavy atom. The Kier molecular flexibility index (Phi) is 12.6. The van der Waals surface area contributed by atoms with Crippen LogP contribution in [0.5, 0.6) is 5.75 Å². The summed E-state index contributed by atoms with van der Waals surface area (Å²) in [6.07, 6.45) is 5.92. The van der Waals surface area contributed by atoms with E-state index in [4.69, 9.17) is 10.2 Å². The van der Waals surface area contributed by atoms with E-state index in [0.29, 0.717) is 40.4 Å². The second-order valence-corrected chi connectivity index (χ2v) is 16.6. The molecule has 0 radical (unpaired) electrons. The van der Waals surface area contributed by atoms with Crippen molar-refractivity contribution in [1.82, 2.24) is 9.97 Å². The molecular formula is C49H36I2N10O2S. The minimum Gasteiger partial charge on any atom is -0.505 e. The third kappa shape index (κ3) is 8.78. The number of hydrogen-bond donors (Lipinski definition) is 3. The van der Waals surface area contributed by atoms with Crippen LogP contribution in [0, 0.1) is 0 Å². The maximum atomic E-state index is 14.1. The number of nitrogens with one attached hydrogen (secondary N) is 2. The first-order valence-corrected chi connectivity index (χ1v) is 22.8. The second-order valence-electron chi connectivity index (χ2n) is 14.7. The van der Waals surface area contributed by atoms with Crippen LogP contribution < -0.4 is 10.2 Å². The molecule has 0 aliphatic heterocycles. The number of halogens is 2. The fourth-order valence-electron chi connectivity index (χ4n) is 7.77. The van der Waals surface area contributed by atoms with Crippen LogP contribution >= 0.6 is 57.1 Å². The Hall–Kier alpha value is -6.70. The molecular weight excluding hydrogens is 1050 g/mol. The van der Waals surface area contributed by atoms with Crippen LogP contribution in [0.25, 0.3) is 53.6 Å². The molecule has 7 aromatic carbocycles. The van der Waals surface area contributed by atoms with Crippen molar-refractivity contribution in [2.45, 2.75) is 13.5 Å². The van der Waals surface area contributed by atoms with Gasteiger partial charge in [-0.15, -0.1) is 27.1 Å². The van der Waals surface area contributed by atoms with Crippen LogP contribution in [-0.4, -0.2) is 27.5 Å². The number of carbonyl (C=O) groups is 1. The van der Waals surface area contributed by atoms with Gasteiger partial charge >= 0.3 is 0 Å². The predicted octanol–water partition coefficient (Wildman–Crippen LogP) is 15.9. The summed E-state index contributed by atoms with van der Waals surface area (Å²) >= 11 is 5.07. The molecule has 9 rings (SSSR count). The highest BCUT2D eigenvalue weighted by molar-refractivity contribution is 14.1.